The second-order valence-corrected chi connectivity index (χ2v) is 6.10. The van der Waals surface area contributed by atoms with Crippen molar-refractivity contribution in [1.29, 1.82) is 0 Å². The molecule has 0 spiro atoms. The van der Waals surface area contributed by atoms with E-state index in [1.54, 1.807) is 30.3 Å². The van der Waals surface area contributed by atoms with Gasteiger partial charge < -0.3 is 10.6 Å². The standard InChI is InChI=1S/C20H16ClN3O2/c1-13-4-2-3-5-17(13)24-19(25)14-10-11-22-18(12-14)20(26)23-16-8-6-15(21)7-9-16/h2-12H,1H3,(H,23,26)(H,24,25). The normalized spacial score (nSPS) is 10.2. The minimum atomic E-state index is -0.405. The van der Waals surface area contributed by atoms with Gasteiger partial charge in [-0.15, -0.1) is 0 Å². The molecule has 0 aliphatic rings. The molecule has 5 nitrogen and oxygen atoms in total. The van der Waals surface area contributed by atoms with Gasteiger partial charge >= 0.3 is 0 Å². The fraction of sp³-hybridized carbons (Fsp3) is 0.0500. The Morgan fingerprint density at radius 2 is 1.65 bits per heavy atom. The molecule has 0 atom stereocenters. The van der Waals surface area contributed by atoms with Crippen LogP contribution in [0.4, 0.5) is 11.4 Å². The van der Waals surface area contributed by atoms with Crippen LogP contribution in [0.1, 0.15) is 26.4 Å². The minimum Gasteiger partial charge on any atom is -0.322 e. The molecule has 2 amide bonds. The van der Waals surface area contributed by atoms with Gasteiger partial charge in [0.25, 0.3) is 11.8 Å². The quantitative estimate of drug-likeness (QED) is 0.712. The van der Waals surface area contributed by atoms with Crippen LogP contribution in [-0.4, -0.2) is 16.8 Å². The average molecular weight is 366 g/mol. The third-order valence-electron chi connectivity index (χ3n) is 3.75. The van der Waals surface area contributed by atoms with Crippen molar-refractivity contribution < 1.29 is 9.59 Å². The minimum absolute atomic E-state index is 0.150. The molecule has 3 aromatic rings. The molecule has 1 aromatic heterocycles. The lowest BCUT2D eigenvalue weighted by Gasteiger charge is -2.09. The van der Waals surface area contributed by atoms with E-state index in [0.717, 1.165) is 11.3 Å². The van der Waals surface area contributed by atoms with Crippen molar-refractivity contribution in [3.05, 3.63) is 88.7 Å². The Hall–Kier alpha value is -3.18. The van der Waals surface area contributed by atoms with E-state index in [9.17, 15) is 9.59 Å². The molecular formula is C20H16ClN3O2. The molecule has 0 bridgehead atoms. The van der Waals surface area contributed by atoms with Gasteiger partial charge in [0.05, 0.1) is 0 Å². The predicted molar refractivity (Wildman–Crippen MR) is 103 cm³/mol. The Morgan fingerprint density at radius 1 is 0.923 bits per heavy atom. The Balaban J connectivity index is 1.75. The number of anilines is 2. The van der Waals surface area contributed by atoms with Gasteiger partial charge in [0.1, 0.15) is 5.69 Å². The van der Waals surface area contributed by atoms with Gasteiger partial charge in [-0.05, 0) is 55.0 Å². The lowest BCUT2D eigenvalue weighted by molar-refractivity contribution is 0.102. The summed E-state index contributed by atoms with van der Waals surface area (Å²) in [5, 5.41) is 6.13. The zero-order valence-electron chi connectivity index (χ0n) is 14.0. The summed E-state index contributed by atoms with van der Waals surface area (Å²) in [6, 6.07) is 17.2. The van der Waals surface area contributed by atoms with E-state index in [4.69, 9.17) is 11.6 Å². The maximum Gasteiger partial charge on any atom is 0.274 e. The van der Waals surface area contributed by atoms with E-state index in [2.05, 4.69) is 15.6 Å². The molecule has 130 valence electrons. The molecule has 3 rings (SSSR count). The number of nitrogens with one attached hydrogen (secondary N) is 2. The summed E-state index contributed by atoms with van der Waals surface area (Å²) >= 11 is 5.83. The van der Waals surface area contributed by atoms with Crippen molar-refractivity contribution in [2.45, 2.75) is 6.92 Å². The summed E-state index contributed by atoms with van der Waals surface area (Å²) in [5.41, 5.74) is 2.77. The molecule has 0 saturated carbocycles. The second-order valence-electron chi connectivity index (χ2n) is 5.66. The number of aryl methyl sites for hydroxylation is 1. The van der Waals surface area contributed by atoms with Gasteiger partial charge in [-0.2, -0.15) is 0 Å². The number of aromatic nitrogens is 1. The van der Waals surface area contributed by atoms with Crippen LogP contribution in [0.15, 0.2) is 66.9 Å². The first-order chi connectivity index (χ1) is 12.5. The van der Waals surface area contributed by atoms with Crippen molar-refractivity contribution >= 4 is 34.8 Å². The summed E-state index contributed by atoms with van der Waals surface area (Å²) in [5.74, 6) is -0.708. The fourth-order valence-electron chi connectivity index (χ4n) is 2.33. The average Bonchev–Trinajstić information content (AvgIpc) is 2.65. The third-order valence-corrected chi connectivity index (χ3v) is 4.00. The van der Waals surface area contributed by atoms with Crippen LogP contribution in [0.25, 0.3) is 0 Å². The summed E-state index contributed by atoms with van der Waals surface area (Å²) in [4.78, 5) is 28.8. The zero-order valence-corrected chi connectivity index (χ0v) is 14.7. The smallest absolute Gasteiger partial charge is 0.274 e. The van der Waals surface area contributed by atoms with E-state index >= 15 is 0 Å². The van der Waals surface area contributed by atoms with Gasteiger partial charge in [-0.1, -0.05) is 29.8 Å². The molecule has 1 heterocycles. The maximum absolute atomic E-state index is 12.5. The van der Waals surface area contributed by atoms with Gasteiger partial charge in [-0.3, -0.25) is 14.6 Å². The van der Waals surface area contributed by atoms with E-state index in [1.807, 2.05) is 31.2 Å². The van der Waals surface area contributed by atoms with Crippen molar-refractivity contribution in [3.8, 4) is 0 Å². The first-order valence-corrected chi connectivity index (χ1v) is 8.31. The lowest BCUT2D eigenvalue weighted by atomic mass is 10.1. The third kappa shape index (κ3) is 4.26. The number of carbonyl (C=O) groups excluding carboxylic acids is 2. The van der Waals surface area contributed by atoms with E-state index < -0.39 is 5.91 Å². The van der Waals surface area contributed by atoms with E-state index in [1.165, 1.54) is 12.3 Å². The second kappa shape index (κ2) is 7.80. The first-order valence-electron chi connectivity index (χ1n) is 7.93. The van der Waals surface area contributed by atoms with Crippen LogP contribution in [0.5, 0.6) is 0 Å². The summed E-state index contributed by atoms with van der Waals surface area (Å²) in [6.07, 6.45) is 1.43. The first kappa shape index (κ1) is 17.6. The summed E-state index contributed by atoms with van der Waals surface area (Å²) in [7, 11) is 0. The van der Waals surface area contributed by atoms with Crippen LogP contribution in [0.2, 0.25) is 5.02 Å². The largest absolute Gasteiger partial charge is 0.322 e. The predicted octanol–water partition coefficient (Wildman–Crippen LogP) is 4.55. The Bertz CT molecular complexity index is 955. The molecule has 0 aliphatic heterocycles. The molecule has 0 fully saturated rings. The van der Waals surface area contributed by atoms with Crippen molar-refractivity contribution in [2.24, 2.45) is 0 Å². The van der Waals surface area contributed by atoms with Crippen LogP contribution in [-0.2, 0) is 0 Å². The van der Waals surface area contributed by atoms with Crippen LogP contribution in [0.3, 0.4) is 0 Å². The highest BCUT2D eigenvalue weighted by molar-refractivity contribution is 6.30. The molecule has 6 heteroatoms. The van der Waals surface area contributed by atoms with Crippen LogP contribution < -0.4 is 10.6 Å². The number of carbonyl (C=O) groups is 2. The highest BCUT2D eigenvalue weighted by Crippen LogP contribution is 2.16. The van der Waals surface area contributed by atoms with Crippen molar-refractivity contribution in [2.75, 3.05) is 10.6 Å². The number of halogens is 1. The van der Waals surface area contributed by atoms with E-state index in [-0.39, 0.29) is 11.6 Å². The summed E-state index contributed by atoms with van der Waals surface area (Å²) < 4.78 is 0. The van der Waals surface area contributed by atoms with Gasteiger partial charge in [0.15, 0.2) is 0 Å². The summed E-state index contributed by atoms with van der Waals surface area (Å²) in [6.45, 7) is 1.91. The van der Waals surface area contributed by atoms with Gasteiger partial charge in [0, 0.05) is 28.2 Å². The maximum atomic E-state index is 12.5. The SMILES string of the molecule is Cc1ccccc1NC(=O)c1ccnc(C(=O)Nc2ccc(Cl)cc2)c1. The molecule has 0 radical (unpaired) electrons. The number of benzene rings is 2. The Morgan fingerprint density at radius 3 is 2.38 bits per heavy atom. The number of hydrogen-bond acceptors (Lipinski definition) is 3. The number of para-hydroxylation sites is 1. The molecule has 0 unspecified atom stereocenters. The number of nitrogens with zero attached hydrogens (tertiary/aromatic N) is 1. The lowest BCUT2D eigenvalue weighted by Crippen LogP contribution is -2.17. The number of pyridine rings is 1. The molecule has 26 heavy (non-hydrogen) atoms. The number of amides is 2. The fourth-order valence-corrected chi connectivity index (χ4v) is 2.46. The van der Waals surface area contributed by atoms with Gasteiger partial charge in [0.2, 0.25) is 0 Å². The molecule has 2 aromatic carbocycles. The Kier molecular flexibility index (Phi) is 5.29. The zero-order chi connectivity index (χ0) is 18.5. The van der Waals surface area contributed by atoms with Crippen molar-refractivity contribution in [3.63, 3.8) is 0 Å². The molecule has 2 N–H and O–H groups in total. The Labute approximate surface area is 156 Å². The van der Waals surface area contributed by atoms with E-state index in [0.29, 0.717) is 16.3 Å². The number of hydrogen-bond donors (Lipinski definition) is 2. The van der Waals surface area contributed by atoms with Gasteiger partial charge in [-0.25, -0.2) is 0 Å². The van der Waals surface area contributed by atoms with Crippen molar-refractivity contribution in [1.82, 2.24) is 4.98 Å². The highest BCUT2D eigenvalue weighted by atomic mass is 35.5. The monoisotopic (exact) mass is 365 g/mol. The highest BCUT2D eigenvalue weighted by Gasteiger charge is 2.13. The number of rotatable bonds is 4. The van der Waals surface area contributed by atoms with Crippen LogP contribution in [0, 0.1) is 6.92 Å². The van der Waals surface area contributed by atoms with Crippen LogP contribution >= 0.6 is 11.6 Å². The molecular weight excluding hydrogens is 350 g/mol. The molecule has 0 aliphatic carbocycles. The molecule has 0 saturated heterocycles. The topological polar surface area (TPSA) is 71.1 Å².